The first-order valence-electron chi connectivity index (χ1n) is 6.68. The molecule has 2 aromatic carbocycles. The molecule has 4 nitrogen and oxygen atoms in total. The maximum atomic E-state index is 11.0. The molecule has 2 N–H and O–H groups in total. The third kappa shape index (κ3) is 3.83. The van der Waals surface area contributed by atoms with E-state index in [0.29, 0.717) is 10.6 Å². The van der Waals surface area contributed by atoms with Gasteiger partial charge in [-0.1, -0.05) is 30.3 Å². The van der Waals surface area contributed by atoms with Gasteiger partial charge in [0.15, 0.2) is 0 Å². The van der Waals surface area contributed by atoms with E-state index in [-0.39, 0.29) is 16.7 Å². The summed E-state index contributed by atoms with van der Waals surface area (Å²) in [6.07, 6.45) is 0. The van der Waals surface area contributed by atoms with E-state index in [9.17, 15) is 10.1 Å². The number of benzene rings is 2. The topological polar surface area (TPSA) is 69.2 Å². The molecule has 0 radical (unpaired) electrons. The molecule has 0 aromatic heterocycles. The van der Waals surface area contributed by atoms with Crippen LogP contribution in [-0.2, 0) is 0 Å². The van der Waals surface area contributed by atoms with Crippen LogP contribution in [0.4, 0.5) is 5.69 Å². The molecule has 5 heteroatoms. The fourth-order valence-electron chi connectivity index (χ4n) is 2.00. The molecule has 1 atom stereocenters. The Morgan fingerprint density at radius 1 is 1.19 bits per heavy atom. The van der Waals surface area contributed by atoms with Crippen molar-refractivity contribution >= 4 is 17.4 Å². The van der Waals surface area contributed by atoms with Crippen molar-refractivity contribution in [2.45, 2.75) is 24.8 Å². The summed E-state index contributed by atoms with van der Waals surface area (Å²) >= 11 is 1.42. The van der Waals surface area contributed by atoms with Crippen molar-refractivity contribution < 1.29 is 4.92 Å². The van der Waals surface area contributed by atoms with Crippen molar-refractivity contribution in [3.63, 3.8) is 0 Å². The third-order valence-electron chi connectivity index (χ3n) is 3.44. The highest BCUT2D eigenvalue weighted by molar-refractivity contribution is 7.99. The van der Waals surface area contributed by atoms with Crippen LogP contribution < -0.4 is 5.73 Å². The number of nitrogens with two attached hydrogens (primary N) is 1. The summed E-state index contributed by atoms with van der Waals surface area (Å²) in [6, 6.07) is 12.8. The lowest BCUT2D eigenvalue weighted by atomic mass is 10.0. The second-order valence-electron chi connectivity index (χ2n) is 4.99. The number of thioether (sulfide) groups is 1. The second-order valence-corrected chi connectivity index (χ2v) is 6.05. The van der Waals surface area contributed by atoms with E-state index in [1.54, 1.807) is 18.2 Å². The van der Waals surface area contributed by atoms with Crippen LogP contribution in [0.15, 0.2) is 47.4 Å². The van der Waals surface area contributed by atoms with Crippen LogP contribution in [0.3, 0.4) is 0 Å². The van der Waals surface area contributed by atoms with Crippen molar-refractivity contribution in [3.8, 4) is 0 Å². The molecule has 2 rings (SSSR count). The van der Waals surface area contributed by atoms with Gasteiger partial charge in [0.25, 0.3) is 5.69 Å². The zero-order chi connectivity index (χ0) is 15.4. The molecular formula is C16H18N2O2S. The average Bonchev–Trinajstić information content (AvgIpc) is 2.47. The molecule has 0 aliphatic heterocycles. The molecule has 0 amide bonds. The molecule has 21 heavy (non-hydrogen) atoms. The standard InChI is InChI=1S/C16H18N2O2S/c1-11-7-8-13(9-12(11)2)14(17)10-21-16-6-4-3-5-15(16)18(19)20/h3-9,14H,10,17H2,1-2H3. The summed E-state index contributed by atoms with van der Waals surface area (Å²) in [5.41, 5.74) is 9.83. The summed E-state index contributed by atoms with van der Waals surface area (Å²) in [5.74, 6) is 0.605. The SMILES string of the molecule is Cc1ccc(C(N)CSc2ccccc2[N+](=O)[O-])cc1C. The van der Waals surface area contributed by atoms with Gasteiger partial charge in [0.1, 0.15) is 0 Å². The summed E-state index contributed by atoms with van der Waals surface area (Å²) in [6.45, 7) is 4.12. The largest absolute Gasteiger partial charge is 0.323 e. The van der Waals surface area contributed by atoms with Crippen LogP contribution in [0.25, 0.3) is 0 Å². The number of aryl methyl sites for hydroxylation is 2. The molecule has 0 bridgehead atoms. The average molecular weight is 302 g/mol. The van der Waals surface area contributed by atoms with Crippen molar-refractivity contribution in [1.29, 1.82) is 0 Å². The number of rotatable bonds is 5. The van der Waals surface area contributed by atoms with E-state index in [1.807, 2.05) is 6.07 Å². The van der Waals surface area contributed by atoms with E-state index in [2.05, 4.69) is 26.0 Å². The lowest BCUT2D eigenvalue weighted by molar-refractivity contribution is -0.387. The van der Waals surface area contributed by atoms with E-state index in [4.69, 9.17) is 5.73 Å². The highest BCUT2D eigenvalue weighted by atomic mass is 32.2. The van der Waals surface area contributed by atoms with Crippen LogP contribution in [0.1, 0.15) is 22.7 Å². The Labute approximate surface area is 128 Å². The quantitative estimate of drug-likeness (QED) is 0.515. The summed E-state index contributed by atoms with van der Waals surface area (Å²) in [5, 5.41) is 11.0. The summed E-state index contributed by atoms with van der Waals surface area (Å²) in [4.78, 5) is 11.3. The van der Waals surface area contributed by atoms with Crippen LogP contribution in [0.5, 0.6) is 0 Å². The monoisotopic (exact) mass is 302 g/mol. The molecule has 0 saturated heterocycles. The Balaban J connectivity index is 2.09. The van der Waals surface area contributed by atoms with Crippen molar-refractivity contribution in [3.05, 3.63) is 69.3 Å². The third-order valence-corrected chi connectivity index (χ3v) is 4.62. The van der Waals surface area contributed by atoms with Gasteiger partial charge in [0.2, 0.25) is 0 Å². The molecule has 0 aliphatic carbocycles. The fraction of sp³-hybridized carbons (Fsp3) is 0.250. The Hall–Kier alpha value is -1.85. The predicted octanol–water partition coefficient (Wildman–Crippen LogP) is 4.00. The summed E-state index contributed by atoms with van der Waals surface area (Å²) in [7, 11) is 0. The predicted molar refractivity (Wildman–Crippen MR) is 86.7 cm³/mol. The lowest BCUT2D eigenvalue weighted by Gasteiger charge is -2.13. The van der Waals surface area contributed by atoms with Gasteiger partial charge in [0.05, 0.1) is 9.82 Å². The fourth-order valence-corrected chi connectivity index (χ4v) is 3.02. The first kappa shape index (κ1) is 15.5. The first-order chi connectivity index (χ1) is 9.99. The van der Waals surface area contributed by atoms with Gasteiger partial charge in [-0.15, -0.1) is 11.8 Å². The van der Waals surface area contributed by atoms with E-state index in [1.165, 1.54) is 29.0 Å². The molecule has 0 aliphatic rings. The van der Waals surface area contributed by atoms with Crippen molar-refractivity contribution in [2.24, 2.45) is 5.73 Å². The number of para-hydroxylation sites is 1. The molecule has 0 fully saturated rings. The van der Waals surface area contributed by atoms with Gasteiger partial charge in [-0.2, -0.15) is 0 Å². The number of hydrogen-bond acceptors (Lipinski definition) is 4. The number of hydrogen-bond donors (Lipinski definition) is 1. The van der Waals surface area contributed by atoms with Gasteiger partial charge in [-0.3, -0.25) is 10.1 Å². The Bertz CT molecular complexity index is 658. The van der Waals surface area contributed by atoms with Crippen LogP contribution in [-0.4, -0.2) is 10.7 Å². The van der Waals surface area contributed by atoms with E-state index in [0.717, 1.165) is 5.56 Å². The molecule has 110 valence electrons. The number of nitro groups is 1. The highest BCUT2D eigenvalue weighted by Gasteiger charge is 2.15. The van der Waals surface area contributed by atoms with Gasteiger partial charge in [-0.25, -0.2) is 0 Å². The zero-order valence-corrected chi connectivity index (χ0v) is 12.9. The molecule has 2 aromatic rings. The van der Waals surface area contributed by atoms with E-state index < -0.39 is 0 Å². The van der Waals surface area contributed by atoms with Crippen molar-refractivity contribution in [2.75, 3.05) is 5.75 Å². The molecule has 0 saturated carbocycles. The van der Waals surface area contributed by atoms with E-state index >= 15 is 0 Å². The van der Waals surface area contributed by atoms with Crippen LogP contribution in [0, 0.1) is 24.0 Å². The smallest absolute Gasteiger partial charge is 0.282 e. The normalized spacial score (nSPS) is 12.1. The van der Waals surface area contributed by atoms with Gasteiger partial charge in [-0.05, 0) is 36.6 Å². The van der Waals surface area contributed by atoms with Gasteiger partial charge < -0.3 is 5.73 Å². The minimum absolute atomic E-state index is 0.134. The van der Waals surface area contributed by atoms with Gasteiger partial charge >= 0.3 is 0 Å². The number of nitrogens with zero attached hydrogens (tertiary/aromatic N) is 1. The Morgan fingerprint density at radius 3 is 2.57 bits per heavy atom. The number of nitro benzene ring substituents is 1. The van der Waals surface area contributed by atoms with Crippen molar-refractivity contribution in [1.82, 2.24) is 0 Å². The Kier molecular flexibility index (Phi) is 4.98. The minimum Gasteiger partial charge on any atom is -0.323 e. The first-order valence-corrected chi connectivity index (χ1v) is 7.66. The Morgan fingerprint density at radius 2 is 1.90 bits per heavy atom. The lowest BCUT2D eigenvalue weighted by Crippen LogP contribution is -2.13. The zero-order valence-electron chi connectivity index (χ0n) is 12.1. The second kappa shape index (κ2) is 6.74. The molecule has 0 spiro atoms. The molecular weight excluding hydrogens is 284 g/mol. The molecule has 0 heterocycles. The maximum Gasteiger partial charge on any atom is 0.282 e. The minimum atomic E-state index is -0.357. The van der Waals surface area contributed by atoms with Crippen LogP contribution >= 0.6 is 11.8 Å². The maximum absolute atomic E-state index is 11.0. The highest BCUT2D eigenvalue weighted by Crippen LogP contribution is 2.31. The summed E-state index contributed by atoms with van der Waals surface area (Å²) < 4.78 is 0. The molecule has 1 unspecified atom stereocenters. The van der Waals surface area contributed by atoms with Crippen LogP contribution in [0.2, 0.25) is 0 Å². The van der Waals surface area contributed by atoms with Gasteiger partial charge in [0, 0.05) is 17.9 Å².